The van der Waals surface area contributed by atoms with Gasteiger partial charge >= 0.3 is 0 Å². The van der Waals surface area contributed by atoms with Gasteiger partial charge < -0.3 is 14.4 Å². The molecule has 0 spiro atoms. The first kappa shape index (κ1) is 13.7. The Morgan fingerprint density at radius 3 is 3.00 bits per heavy atom. The molecular weight excluding hydrogens is 286 g/mol. The Bertz CT molecular complexity index is 614. The molecule has 1 unspecified atom stereocenters. The second-order valence-corrected chi connectivity index (χ2v) is 5.69. The molecule has 4 nitrogen and oxygen atoms in total. The van der Waals surface area contributed by atoms with Gasteiger partial charge in [0.15, 0.2) is 10.9 Å². The number of ether oxygens (including phenoxy) is 2. The number of halogens is 2. The minimum atomic E-state index is -0.631. The monoisotopic (exact) mass is 300 g/mol. The highest BCUT2D eigenvalue weighted by Crippen LogP contribution is 2.30. The largest absolute Gasteiger partial charge is 0.376 e. The van der Waals surface area contributed by atoms with Crippen LogP contribution in [0.4, 0.5) is 13.9 Å². The van der Waals surface area contributed by atoms with Crippen LogP contribution in [0.3, 0.4) is 0 Å². The van der Waals surface area contributed by atoms with Gasteiger partial charge in [0, 0.05) is 19.7 Å². The van der Waals surface area contributed by atoms with Crippen LogP contribution in [-0.4, -0.2) is 44.5 Å². The summed E-state index contributed by atoms with van der Waals surface area (Å²) in [7, 11) is 1.85. The number of hydrogen-bond acceptors (Lipinski definition) is 5. The van der Waals surface area contributed by atoms with Gasteiger partial charge in [0.1, 0.15) is 11.3 Å². The molecule has 0 N–H and O–H groups in total. The van der Waals surface area contributed by atoms with Gasteiger partial charge in [-0.05, 0) is 6.07 Å². The van der Waals surface area contributed by atoms with Gasteiger partial charge in [-0.15, -0.1) is 0 Å². The van der Waals surface area contributed by atoms with Crippen molar-refractivity contribution in [2.75, 3.05) is 38.3 Å². The van der Waals surface area contributed by atoms with E-state index in [1.807, 2.05) is 11.9 Å². The van der Waals surface area contributed by atoms with E-state index < -0.39 is 11.6 Å². The summed E-state index contributed by atoms with van der Waals surface area (Å²) < 4.78 is 38.2. The van der Waals surface area contributed by atoms with Crippen molar-refractivity contribution in [2.45, 2.75) is 6.10 Å². The van der Waals surface area contributed by atoms with Crippen LogP contribution in [0.15, 0.2) is 12.1 Å². The number of anilines is 1. The second-order valence-electron chi connectivity index (χ2n) is 4.68. The van der Waals surface area contributed by atoms with Crippen molar-refractivity contribution in [1.29, 1.82) is 0 Å². The average molecular weight is 300 g/mol. The zero-order valence-corrected chi connectivity index (χ0v) is 11.8. The minimum absolute atomic E-state index is 0.0256. The summed E-state index contributed by atoms with van der Waals surface area (Å²) in [5.74, 6) is -1.22. The molecule has 0 aliphatic carbocycles. The Morgan fingerprint density at radius 2 is 2.25 bits per heavy atom. The lowest BCUT2D eigenvalue weighted by atomic mass is 10.3. The Kier molecular flexibility index (Phi) is 3.82. The van der Waals surface area contributed by atoms with Crippen LogP contribution in [0.5, 0.6) is 0 Å². The molecule has 0 amide bonds. The molecule has 1 aromatic carbocycles. The molecule has 1 saturated heterocycles. The topological polar surface area (TPSA) is 34.6 Å². The molecule has 3 rings (SSSR count). The third-order valence-electron chi connectivity index (χ3n) is 3.09. The van der Waals surface area contributed by atoms with Crippen LogP contribution in [0.25, 0.3) is 10.2 Å². The lowest BCUT2D eigenvalue weighted by Gasteiger charge is -2.27. The Labute approximate surface area is 118 Å². The maximum atomic E-state index is 13.6. The number of benzene rings is 1. The average Bonchev–Trinajstić information content (AvgIpc) is 2.84. The quantitative estimate of drug-likeness (QED) is 0.872. The first-order valence-corrected chi connectivity index (χ1v) is 7.11. The SMILES string of the molecule is CN(CC1COCCO1)c1nc2c(F)cc(F)cc2s1. The molecule has 1 aromatic heterocycles. The molecule has 108 valence electrons. The van der Waals surface area contributed by atoms with Crippen LogP contribution >= 0.6 is 11.3 Å². The van der Waals surface area contributed by atoms with Crippen LogP contribution in [-0.2, 0) is 9.47 Å². The van der Waals surface area contributed by atoms with Gasteiger partial charge in [0.05, 0.1) is 30.6 Å². The standard InChI is InChI=1S/C13H14F2N2O2S/c1-17(6-9-7-18-2-3-19-9)13-16-12-10(15)4-8(14)5-11(12)20-13/h4-5,9H,2-3,6-7H2,1H3. The van der Waals surface area contributed by atoms with E-state index in [1.165, 1.54) is 17.4 Å². The van der Waals surface area contributed by atoms with E-state index in [1.54, 1.807) is 0 Å². The van der Waals surface area contributed by atoms with Crippen molar-refractivity contribution >= 4 is 26.7 Å². The Balaban J connectivity index is 1.80. The smallest absolute Gasteiger partial charge is 0.186 e. The summed E-state index contributed by atoms with van der Waals surface area (Å²) in [5.41, 5.74) is 0.207. The lowest BCUT2D eigenvalue weighted by Crippen LogP contribution is -2.38. The fraction of sp³-hybridized carbons (Fsp3) is 0.462. The van der Waals surface area contributed by atoms with E-state index in [-0.39, 0.29) is 11.6 Å². The van der Waals surface area contributed by atoms with Crippen LogP contribution < -0.4 is 4.90 Å². The predicted octanol–water partition coefficient (Wildman–Crippen LogP) is 2.43. The van der Waals surface area contributed by atoms with Crippen molar-refractivity contribution < 1.29 is 18.3 Å². The summed E-state index contributed by atoms with van der Waals surface area (Å²) in [6.07, 6.45) is -0.0256. The first-order valence-electron chi connectivity index (χ1n) is 6.29. The van der Waals surface area contributed by atoms with E-state index in [4.69, 9.17) is 9.47 Å². The lowest BCUT2D eigenvalue weighted by molar-refractivity contribution is -0.0837. The summed E-state index contributed by atoms with van der Waals surface area (Å²) >= 11 is 1.26. The van der Waals surface area contributed by atoms with E-state index in [2.05, 4.69) is 4.98 Å². The number of nitrogens with zero attached hydrogens (tertiary/aromatic N) is 2. The van der Waals surface area contributed by atoms with Gasteiger partial charge in [-0.2, -0.15) is 0 Å². The maximum Gasteiger partial charge on any atom is 0.186 e. The number of fused-ring (bicyclic) bond motifs is 1. The highest BCUT2D eigenvalue weighted by molar-refractivity contribution is 7.22. The molecular formula is C13H14F2N2O2S. The van der Waals surface area contributed by atoms with Crippen LogP contribution in [0.2, 0.25) is 0 Å². The molecule has 1 aliphatic heterocycles. The zero-order chi connectivity index (χ0) is 14.1. The molecule has 0 bridgehead atoms. The number of thiazole rings is 1. The van der Waals surface area contributed by atoms with Gasteiger partial charge in [0.2, 0.25) is 0 Å². The van der Waals surface area contributed by atoms with Gasteiger partial charge in [0.25, 0.3) is 0 Å². The summed E-state index contributed by atoms with van der Waals surface area (Å²) in [6.45, 7) is 2.34. The fourth-order valence-corrected chi connectivity index (χ4v) is 3.11. The Morgan fingerprint density at radius 1 is 1.40 bits per heavy atom. The van der Waals surface area contributed by atoms with E-state index >= 15 is 0 Å². The number of aromatic nitrogens is 1. The van der Waals surface area contributed by atoms with Gasteiger partial charge in [-0.1, -0.05) is 11.3 Å². The first-order chi connectivity index (χ1) is 9.63. The van der Waals surface area contributed by atoms with Crippen molar-refractivity contribution in [1.82, 2.24) is 4.98 Å². The predicted molar refractivity (Wildman–Crippen MR) is 73.4 cm³/mol. The number of hydrogen-bond donors (Lipinski definition) is 0. The Hall–Kier alpha value is -1.31. The van der Waals surface area contributed by atoms with Gasteiger partial charge in [-0.25, -0.2) is 13.8 Å². The van der Waals surface area contributed by atoms with E-state index in [0.717, 1.165) is 6.07 Å². The minimum Gasteiger partial charge on any atom is -0.376 e. The summed E-state index contributed by atoms with van der Waals surface area (Å²) in [6, 6.07) is 2.15. The maximum absolute atomic E-state index is 13.6. The third-order valence-corrected chi connectivity index (χ3v) is 4.21. The molecule has 1 atom stereocenters. The highest BCUT2D eigenvalue weighted by atomic mass is 32.1. The molecule has 0 radical (unpaired) electrons. The molecule has 1 aliphatic rings. The fourth-order valence-electron chi connectivity index (χ4n) is 2.13. The van der Waals surface area contributed by atoms with E-state index in [9.17, 15) is 8.78 Å². The van der Waals surface area contributed by atoms with Crippen molar-refractivity contribution in [3.63, 3.8) is 0 Å². The molecule has 1 fully saturated rings. The number of likely N-dealkylation sites (N-methyl/N-ethyl adjacent to an activating group) is 1. The second kappa shape index (κ2) is 5.59. The molecule has 20 heavy (non-hydrogen) atoms. The van der Waals surface area contributed by atoms with Crippen molar-refractivity contribution in [2.24, 2.45) is 0 Å². The van der Waals surface area contributed by atoms with Gasteiger partial charge in [-0.3, -0.25) is 0 Å². The van der Waals surface area contributed by atoms with Crippen molar-refractivity contribution in [3.8, 4) is 0 Å². The van der Waals surface area contributed by atoms with Crippen LogP contribution in [0, 0.1) is 11.6 Å². The molecule has 2 heterocycles. The normalized spacial score (nSPS) is 19.4. The number of rotatable bonds is 3. The molecule has 7 heteroatoms. The molecule has 0 saturated carbocycles. The summed E-state index contributed by atoms with van der Waals surface area (Å²) in [5, 5.41) is 0.638. The van der Waals surface area contributed by atoms with Crippen LogP contribution in [0.1, 0.15) is 0 Å². The van der Waals surface area contributed by atoms with Crippen molar-refractivity contribution in [3.05, 3.63) is 23.8 Å². The van der Waals surface area contributed by atoms with E-state index in [0.29, 0.717) is 36.2 Å². The summed E-state index contributed by atoms with van der Waals surface area (Å²) in [4.78, 5) is 6.10. The third kappa shape index (κ3) is 2.74. The molecule has 2 aromatic rings. The zero-order valence-electron chi connectivity index (χ0n) is 10.9. The highest BCUT2D eigenvalue weighted by Gasteiger charge is 2.19.